The summed E-state index contributed by atoms with van der Waals surface area (Å²) >= 11 is 0. The minimum atomic E-state index is -0.266. The quantitative estimate of drug-likeness (QED) is 0.579. The molecule has 14 heavy (non-hydrogen) atoms. The van der Waals surface area contributed by atoms with Crippen LogP contribution in [0.3, 0.4) is 0 Å². The van der Waals surface area contributed by atoms with Crippen molar-refractivity contribution in [3.8, 4) is 0 Å². The first kappa shape index (κ1) is 12.0. The third-order valence-electron chi connectivity index (χ3n) is 2.74. The highest BCUT2D eigenvalue weighted by molar-refractivity contribution is 4.81. The second kappa shape index (κ2) is 5.69. The highest BCUT2D eigenvalue weighted by Gasteiger charge is 2.24. The lowest BCUT2D eigenvalue weighted by Gasteiger charge is -2.27. The number of rotatable bonds is 8. The molecule has 0 saturated heterocycles. The van der Waals surface area contributed by atoms with Crippen molar-refractivity contribution in [2.45, 2.75) is 38.6 Å². The molecular formula is C11H23NO2. The van der Waals surface area contributed by atoms with Crippen LogP contribution in [0.2, 0.25) is 0 Å². The van der Waals surface area contributed by atoms with E-state index in [4.69, 9.17) is 4.74 Å². The maximum absolute atomic E-state index is 9.19. The summed E-state index contributed by atoms with van der Waals surface area (Å²) in [5.41, 5.74) is -0.266. The number of likely N-dealkylation sites (N-methyl/N-ethyl adjacent to an activating group) is 1. The van der Waals surface area contributed by atoms with Gasteiger partial charge in [0.2, 0.25) is 0 Å². The fourth-order valence-electron chi connectivity index (χ4n) is 1.53. The zero-order chi connectivity index (χ0) is 10.4. The summed E-state index contributed by atoms with van der Waals surface area (Å²) in [6.07, 6.45) is 3.95. The van der Waals surface area contributed by atoms with Gasteiger partial charge in [0.25, 0.3) is 0 Å². The molecule has 0 aromatic rings. The number of hydrogen-bond donors (Lipinski definition) is 2. The van der Waals surface area contributed by atoms with E-state index < -0.39 is 0 Å². The second-order valence-corrected chi connectivity index (χ2v) is 4.53. The van der Waals surface area contributed by atoms with E-state index in [0.717, 1.165) is 19.1 Å². The van der Waals surface area contributed by atoms with E-state index in [0.29, 0.717) is 6.61 Å². The number of aliphatic hydroxyl groups is 1. The Labute approximate surface area is 86.8 Å². The van der Waals surface area contributed by atoms with Gasteiger partial charge in [0.05, 0.1) is 18.8 Å². The maximum Gasteiger partial charge on any atom is 0.0668 e. The van der Waals surface area contributed by atoms with Gasteiger partial charge in [-0.05, 0) is 25.8 Å². The minimum absolute atomic E-state index is 0.129. The predicted octanol–water partition coefficient (Wildman–Crippen LogP) is 1.16. The molecule has 1 atom stereocenters. The Balaban J connectivity index is 2.05. The Bertz CT molecular complexity index is 159. The van der Waals surface area contributed by atoms with Gasteiger partial charge in [-0.1, -0.05) is 19.8 Å². The Morgan fingerprint density at radius 3 is 2.71 bits per heavy atom. The molecule has 0 heterocycles. The summed E-state index contributed by atoms with van der Waals surface area (Å²) in [5, 5.41) is 12.4. The minimum Gasteiger partial charge on any atom is -0.394 e. The Kier molecular flexibility index (Phi) is 4.85. The van der Waals surface area contributed by atoms with Crippen molar-refractivity contribution >= 4 is 0 Å². The smallest absolute Gasteiger partial charge is 0.0668 e. The zero-order valence-corrected chi connectivity index (χ0v) is 9.38. The van der Waals surface area contributed by atoms with E-state index >= 15 is 0 Å². The summed E-state index contributed by atoms with van der Waals surface area (Å²) in [6.45, 7) is 6.47. The van der Waals surface area contributed by atoms with Crippen LogP contribution in [0.25, 0.3) is 0 Å². The highest BCUT2D eigenvalue weighted by atomic mass is 16.5. The molecule has 1 rings (SSSR count). The zero-order valence-electron chi connectivity index (χ0n) is 9.38. The van der Waals surface area contributed by atoms with Gasteiger partial charge < -0.3 is 15.2 Å². The van der Waals surface area contributed by atoms with Gasteiger partial charge in [-0.25, -0.2) is 0 Å². The van der Waals surface area contributed by atoms with Crippen molar-refractivity contribution in [3.63, 3.8) is 0 Å². The highest BCUT2D eigenvalue weighted by Crippen LogP contribution is 2.32. The van der Waals surface area contributed by atoms with E-state index in [-0.39, 0.29) is 12.1 Å². The van der Waals surface area contributed by atoms with E-state index in [9.17, 15) is 5.11 Å². The van der Waals surface area contributed by atoms with E-state index in [1.165, 1.54) is 19.3 Å². The molecule has 0 spiro atoms. The van der Waals surface area contributed by atoms with E-state index in [1.807, 2.05) is 13.8 Å². The van der Waals surface area contributed by atoms with Gasteiger partial charge in [-0.15, -0.1) is 0 Å². The fourth-order valence-corrected chi connectivity index (χ4v) is 1.53. The SMILES string of the molecule is CCNC(C)(CO)COCCC1CC1. The molecule has 84 valence electrons. The summed E-state index contributed by atoms with van der Waals surface area (Å²) in [7, 11) is 0. The molecule has 1 fully saturated rings. The fraction of sp³-hybridized carbons (Fsp3) is 1.00. The molecule has 3 heteroatoms. The molecule has 1 aliphatic rings. The first-order chi connectivity index (χ1) is 6.70. The third-order valence-corrected chi connectivity index (χ3v) is 2.74. The molecule has 1 unspecified atom stereocenters. The average Bonchev–Trinajstić information content (AvgIpc) is 2.97. The van der Waals surface area contributed by atoms with Crippen molar-refractivity contribution < 1.29 is 9.84 Å². The van der Waals surface area contributed by atoms with Crippen LogP contribution in [-0.2, 0) is 4.74 Å². The van der Waals surface area contributed by atoms with Crippen LogP contribution >= 0.6 is 0 Å². The van der Waals surface area contributed by atoms with Crippen molar-refractivity contribution in [1.29, 1.82) is 0 Å². The van der Waals surface area contributed by atoms with E-state index in [1.54, 1.807) is 0 Å². The molecule has 0 radical (unpaired) electrons. The monoisotopic (exact) mass is 201 g/mol. The van der Waals surface area contributed by atoms with Crippen LogP contribution < -0.4 is 5.32 Å². The molecule has 3 nitrogen and oxygen atoms in total. The molecule has 0 bridgehead atoms. The van der Waals surface area contributed by atoms with Crippen molar-refractivity contribution in [2.24, 2.45) is 5.92 Å². The van der Waals surface area contributed by atoms with E-state index in [2.05, 4.69) is 5.32 Å². The normalized spacial score (nSPS) is 20.8. The first-order valence-corrected chi connectivity index (χ1v) is 5.64. The Morgan fingerprint density at radius 2 is 2.21 bits per heavy atom. The molecule has 0 amide bonds. The number of ether oxygens (including phenoxy) is 1. The lowest BCUT2D eigenvalue weighted by Crippen LogP contribution is -2.49. The molecule has 0 aromatic carbocycles. The Hall–Kier alpha value is -0.120. The van der Waals surface area contributed by atoms with Gasteiger partial charge in [-0.2, -0.15) is 0 Å². The first-order valence-electron chi connectivity index (χ1n) is 5.64. The molecule has 1 aliphatic carbocycles. The molecule has 0 aliphatic heterocycles. The van der Waals surface area contributed by atoms with Gasteiger partial charge >= 0.3 is 0 Å². The predicted molar refractivity (Wildman–Crippen MR) is 57.3 cm³/mol. The molecule has 1 saturated carbocycles. The summed E-state index contributed by atoms with van der Waals surface area (Å²) in [5.74, 6) is 0.925. The number of nitrogens with one attached hydrogen (secondary N) is 1. The number of aliphatic hydroxyl groups excluding tert-OH is 1. The van der Waals surface area contributed by atoms with Crippen LogP contribution in [0.5, 0.6) is 0 Å². The van der Waals surface area contributed by atoms with Gasteiger partial charge in [0, 0.05) is 6.61 Å². The number of hydrogen-bond acceptors (Lipinski definition) is 3. The van der Waals surface area contributed by atoms with Crippen LogP contribution in [-0.4, -0.2) is 37.0 Å². The van der Waals surface area contributed by atoms with Gasteiger partial charge in [-0.3, -0.25) is 0 Å². The van der Waals surface area contributed by atoms with Crippen LogP contribution in [0.15, 0.2) is 0 Å². The van der Waals surface area contributed by atoms with Crippen molar-refractivity contribution in [2.75, 3.05) is 26.4 Å². The maximum atomic E-state index is 9.19. The lowest BCUT2D eigenvalue weighted by molar-refractivity contribution is 0.0427. The molecule has 0 aromatic heterocycles. The lowest BCUT2D eigenvalue weighted by atomic mass is 10.1. The van der Waals surface area contributed by atoms with Gasteiger partial charge in [0.15, 0.2) is 0 Å². The molecular weight excluding hydrogens is 178 g/mol. The standard InChI is InChI=1S/C11H23NO2/c1-3-12-11(2,8-13)9-14-7-6-10-4-5-10/h10,12-13H,3-9H2,1-2H3. The van der Waals surface area contributed by atoms with Crippen LogP contribution in [0.1, 0.15) is 33.1 Å². The second-order valence-electron chi connectivity index (χ2n) is 4.53. The summed E-state index contributed by atoms with van der Waals surface area (Å²) in [6, 6.07) is 0. The third kappa shape index (κ3) is 4.40. The topological polar surface area (TPSA) is 41.5 Å². The van der Waals surface area contributed by atoms with Crippen LogP contribution in [0, 0.1) is 5.92 Å². The van der Waals surface area contributed by atoms with Crippen molar-refractivity contribution in [1.82, 2.24) is 5.32 Å². The van der Waals surface area contributed by atoms with Gasteiger partial charge in [0.1, 0.15) is 0 Å². The summed E-state index contributed by atoms with van der Waals surface area (Å²) < 4.78 is 5.57. The van der Waals surface area contributed by atoms with Crippen LogP contribution in [0.4, 0.5) is 0 Å². The van der Waals surface area contributed by atoms with Crippen molar-refractivity contribution in [3.05, 3.63) is 0 Å². The average molecular weight is 201 g/mol. The molecule has 2 N–H and O–H groups in total. The summed E-state index contributed by atoms with van der Waals surface area (Å²) in [4.78, 5) is 0. The largest absolute Gasteiger partial charge is 0.394 e. The Morgan fingerprint density at radius 1 is 1.50 bits per heavy atom.